The molecular weight excluding hydrogens is 508 g/mol. The molecule has 1 aliphatic rings. The van der Waals surface area contributed by atoms with Crippen molar-refractivity contribution in [3.63, 3.8) is 0 Å². The fraction of sp³-hybridized carbons (Fsp3) is 0.219. The predicted molar refractivity (Wildman–Crippen MR) is 150 cm³/mol. The fourth-order valence-electron chi connectivity index (χ4n) is 5.26. The maximum atomic E-state index is 13.9. The molecule has 4 aromatic rings. The Balaban J connectivity index is 1.73. The first-order valence-electron chi connectivity index (χ1n) is 13.1. The number of pyridine rings is 1. The number of aromatic carboxylic acids is 1. The van der Waals surface area contributed by atoms with Gasteiger partial charge >= 0.3 is 5.97 Å². The molecule has 0 spiro atoms. The van der Waals surface area contributed by atoms with E-state index in [9.17, 15) is 19.5 Å². The molecule has 40 heavy (non-hydrogen) atoms. The third-order valence-electron chi connectivity index (χ3n) is 7.17. The molecule has 204 valence electrons. The summed E-state index contributed by atoms with van der Waals surface area (Å²) in [6, 6.07) is 28.5. The monoisotopic (exact) mass is 538 g/mol. The first-order chi connectivity index (χ1) is 19.5. The zero-order chi connectivity index (χ0) is 28.1. The van der Waals surface area contributed by atoms with Gasteiger partial charge in [0.1, 0.15) is 12.2 Å². The highest BCUT2D eigenvalue weighted by atomic mass is 16.5. The van der Waals surface area contributed by atoms with Crippen LogP contribution >= 0.6 is 0 Å². The van der Waals surface area contributed by atoms with Gasteiger partial charge in [-0.25, -0.2) is 4.79 Å². The van der Waals surface area contributed by atoms with E-state index < -0.39 is 28.9 Å². The Labute approximate surface area is 232 Å². The molecule has 0 radical (unpaired) electrons. The minimum atomic E-state index is -1.38. The fourth-order valence-corrected chi connectivity index (χ4v) is 5.26. The molecule has 0 fully saturated rings. The predicted octanol–water partition coefficient (Wildman–Crippen LogP) is 4.60. The number of rotatable bonds is 10. The number of benzene rings is 3. The van der Waals surface area contributed by atoms with Crippen molar-refractivity contribution in [2.45, 2.75) is 18.6 Å². The first kappa shape index (κ1) is 26.9. The van der Waals surface area contributed by atoms with E-state index in [-0.39, 0.29) is 30.5 Å². The lowest BCUT2D eigenvalue weighted by molar-refractivity contribution is 0.0573. The minimum absolute atomic E-state index is 0.00295. The van der Waals surface area contributed by atoms with Gasteiger partial charge < -0.3 is 24.0 Å². The van der Waals surface area contributed by atoms with Crippen molar-refractivity contribution >= 4 is 11.9 Å². The van der Waals surface area contributed by atoms with Gasteiger partial charge in [0, 0.05) is 32.3 Å². The molecular formula is C32H30N2O6. The molecule has 5 rings (SSSR count). The molecule has 1 aromatic heterocycles. The van der Waals surface area contributed by atoms with E-state index in [2.05, 4.69) is 0 Å². The number of hydrogen-bond acceptors (Lipinski definition) is 5. The molecule has 8 nitrogen and oxygen atoms in total. The van der Waals surface area contributed by atoms with Crippen molar-refractivity contribution < 1.29 is 24.2 Å². The smallest absolute Gasteiger partial charge is 0.341 e. The van der Waals surface area contributed by atoms with Gasteiger partial charge in [-0.15, -0.1) is 0 Å². The maximum Gasteiger partial charge on any atom is 0.341 e. The molecule has 1 aliphatic heterocycles. The van der Waals surface area contributed by atoms with E-state index in [1.54, 1.807) is 16.6 Å². The van der Waals surface area contributed by atoms with Gasteiger partial charge in [0.25, 0.3) is 5.91 Å². The van der Waals surface area contributed by atoms with E-state index in [1.165, 1.54) is 6.20 Å². The first-order valence-corrected chi connectivity index (χ1v) is 13.1. The quantitative estimate of drug-likeness (QED) is 0.317. The largest absolute Gasteiger partial charge is 0.483 e. The van der Waals surface area contributed by atoms with Crippen LogP contribution in [0.1, 0.15) is 49.5 Å². The van der Waals surface area contributed by atoms with Crippen LogP contribution in [0.25, 0.3) is 0 Å². The molecule has 1 amide bonds. The zero-order valence-electron chi connectivity index (χ0n) is 22.1. The van der Waals surface area contributed by atoms with E-state index >= 15 is 0 Å². The van der Waals surface area contributed by atoms with Gasteiger partial charge in [-0.1, -0.05) is 91.0 Å². The van der Waals surface area contributed by atoms with Crippen molar-refractivity contribution in [2.24, 2.45) is 0 Å². The lowest BCUT2D eigenvalue weighted by Crippen LogP contribution is -2.48. The lowest BCUT2D eigenvalue weighted by atomic mass is 9.83. The third kappa shape index (κ3) is 5.39. The number of amides is 1. The van der Waals surface area contributed by atoms with Crippen molar-refractivity contribution in [3.8, 4) is 5.75 Å². The topological polar surface area (TPSA) is 98.1 Å². The average molecular weight is 539 g/mol. The standard InChI is InChI=1S/C32H30N2O6/c1-39-18-17-33-20-26(27(23-13-7-3-8-14-23)24-15-9-4-10-16-24)34-19-25(32(37)38)29(35)30(28(34)31(33)36)40-21-22-11-5-2-6-12-22/h2-16,19,26-27H,17-18,20-21H2,1H3,(H,37,38). The van der Waals surface area contributed by atoms with Crippen LogP contribution in [0.4, 0.5) is 0 Å². The molecule has 2 heterocycles. The zero-order valence-corrected chi connectivity index (χ0v) is 22.1. The Morgan fingerprint density at radius 3 is 2.05 bits per heavy atom. The summed E-state index contributed by atoms with van der Waals surface area (Å²) in [7, 11) is 1.56. The van der Waals surface area contributed by atoms with Gasteiger partial charge in [0.15, 0.2) is 11.4 Å². The SMILES string of the molecule is COCCN1CC(C(c2ccccc2)c2ccccc2)n2cc(C(=O)O)c(=O)c(OCc3ccccc3)c2C1=O. The number of nitrogens with zero attached hydrogens (tertiary/aromatic N) is 2. The van der Waals surface area contributed by atoms with E-state index in [0.717, 1.165) is 16.7 Å². The molecule has 0 bridgehead atoms. The summed E-state index contributed by atoms with van der Waals surface area (Å²) in [6.07, 6.45) is 1.30. The summed E-state index contributed by atoms with van der Waals surface area (Å²) in [5.74, 6) is -2.31. The maximum absolute atomic E-state index is 13.9. The van der Waals surface area contributed by atoms with Crippen LogP contribution in [0.5, 0.6) is 5.75 Å². The van der Waals surface area contributed by atoms with Crippen LogP contribution < -0.4 is 10.2 Å². The minimum Gasteiger partial charge on any atom is -0.483 e. The second-order valence-electron chi connectivity index (χ2n) is 9.65. The van der Waals surface area contributed by atoms with Gasteiger partial charge in [0.2, 0.25) is 5.43 Å². The van der Waals surface area contributed by atoms with Crippen molar-refractivity contribution in [3.05, 3.63) is 135 Å². The van der Waals surface area contributed by atoms with Crippen molar-refractivity contribution in [1.82, 2.24) is 9.47 Å². The summed E-state index contributed by atoms with van der Waals surface area (Å²) in [4.78, 5) is 41.3. The number of fused-ring (bicyclic) bond motifs is 1. The van der Waals surface area contributed by atoms with Crippen molar-refractivity contribution in [1.29, 1.82) is 0 Å². The summed E-state index contributed by atoms with van der Waals surface area (Å²) in [5, 5.41) is 9.99. The van der Waals surface area contributed by atoms with E-state index in [0.29, 0.717) is 13.2 Å². The molecule has 3 aromatic carbocycles. The van der Waals surface area contributed by atoms with Crippen molar-refractivity contribution in [2.75, 3.05) is 26.8 Å². The Kier molecular flexibility index (Phi) is 8.07. The van der Waals surface area contributed by atoms with Crippen LogP contribution in [0.2, 0.25) is 0 Å². The average Bonchev–Trinajstić information content (AvgIpc) is 2.98. The van der Waals surface area contributed by atoms with Crippen LogP contribution in [-0.2, 0) is 11.3 Å². The highest BCUT2D eigenvalue weighted by molar-refractivity contribution is 5.98. The van der Waals surface area contributed by atoms with Gasteiger partial charge in [0.05, 0.1) is 12.6 Å². The molecule has 0 saturated carbocycles. The van der Waals surface area contributed by atoms with E-state index in [4.69, 9.17) is 9.47 Å². The highest BCUT2D eigenvalue weighted by Gasteiger charge is 2.40. The number of methoxy groups -OCH3 is 1. The Hall–Kier alpha value is -4.69. The number of carboxylic acid groups (broad SMARTS) is 1. The summed E-state index contributed by atoms with van der Waals surface area (Å²) in [6.45, 7) is 0.888. The molecule has 0 saturated heterocycles. The van der Waals surface area contributed by atoms with Gasteiger partial charge in [-0.2, -0.15) is 0 Å². The number of carbonyl (C=O) groups is 2. The van der Waals surface area contributed by atoms with Crippen LogP contribution in [0.15, 0.2) is 102 Å². The lowest BCUT2D eigenvalue weighted by Gasteiger charge is -2.40. The van der Waals surface area contributed by atoms with Crippen LogP contribution in [0, 0.1) is 0 Å². The Bertz CT molecular complexity index is 1500. The number of carbonyl (C=O) groups excluding carboxylic acids is 1. The summed E-state index contributed by atoms with van der Waals surface area (Å²) >= 11 is 0. The number of ether oxygens (including phenoxy) is 2. The molecule has 1 unspecified atom stereocenters. The van der Waals surface area contributed by atoms with Crippen LogP contribution in [0.3, 0.4) is 0 Å². The molecule has 1 N–H and O–H groups in total. The number of aromatic nitrogens is 1. The second kappa shape index (κ2) is 12.0. The summed E-state index contributed by atoms with van der Waals surface area (Å²) < 4.78 is 12.9. The Morgan fingerprint density at radius 2 is 1.50 bits per heavy atom. The highest BCUT2D eigenvalue weighted by Crippen LogP contribution is 2.40. The number of hydrogen-bond donors (Lipinski definition) is 1. The number of carboxylic acids is 1. The summed E-state index contributed by atoms with van der Waals surface area (Å²) in [5.41, 5.74) is 1.53. The second-order valence-corrected chi connectivity index (χ2v) is 9.65. The molecule has 1 atom stereocenters. The molecule has 8 heteroatoms. The normalized spacial score (nSPS) is 14.7. The van der Waals surface area contributed by atoms with E-state index in [1.807, 2.05) is 91.0 Å². The third-order valence-corrected chi connectivity index (χ3v) is 7.17. The molecule has 0 aliphatic carbocycles. The van der Waals surface area contributed by atoms with Crippen LogP contribution in [-0.4, -0.2) is 53.3 Å². The van der Waals surface area contributed by atoms with Gasteiger partial charge in [-0.3, -0.25) is 9.59 Å². The Morgan fingerprint density at radius 1 is 0.925 bits per heavy atom. The van der Waals surface area contributed by atoms with Gasteiger partial charge in [-0.05, 0) is 16.7 Å².